The Labute approximate surface area is 195 Å². The molecule has 1 heterocycles. The molecule has 6 nitrogen and oxygen atoms in total. The van der Waals surface area contributed by atoms with Crippen LogP contribution in [-0.2, 0) is 4.65 Å². The summed E-state index contributed by atoms with van der Waals surface area (Å²) >= 11 is 0. The second-order valence-electron chi connectivity index (χ2n) is 9.71. The van der Waals surface area contributed by atoms with Crippen LogP contribution in [0.2, 0.25) is 0 Å². The lowest BCUT2D eigenvalue weighted by Crippen LogP contribution is -2.49. The Kier molecular flexibility index (Phi) is 5.46. The fraction of sp³-hybridized carbons (Fsp3) is 0.250. The van der Waals surface area contributed by atoms with Gasteiger partial charge in [-0.05, 0) is 50.8 Å². The summed E-state index contributed by atoms with van der Waals surface area (Å²) in [6.45, 7) is 7.17. The van der Waals surface area contributed by atoms with Gasteiger partial charge in [-0.2, -0.15) is 0 Å². The van der Waals surface area contributed by atoms with Gasteiger partial charge in [-0.25, -0.2) is 0 Å². The molecule has 0 amide bonds. The molecular weight excluding hydrogens is 415 g/mol. The van der Waals surface area contributed by atoms with E-state index >= 15 is 0 Å². The summed E-state index contributed by atoms with van der Waals surface area (Å²) in [6, 6.07) is 13.7. The van der Waals surface area contributed by atoms with Crippen LogP contribution in [0.5, 0.6) is 17.2 Å². The number of aromatic hydroxyl groups is 3. The van der Waals surface area contributed by atoms with E-state index in [9.17, 15) is 20.4 Å². The average molecular weight is 443 g/mol. The fourth-order valence-corrected chi connectivity index (χ4v) is 3.98. The first-order chi connectivity index (χ1) is 15.3. The maximum absolute atomic E-state index is 10.9. The minimum atomic E-state index is -1.00. The van der Waals surface area contributed by atoms with E-state index in [4.69, 9.17) is 4.65 Å². The number of aromatic nitrogens is 1. The van der Waals surface area contributed by atoms with Gasteiger partial charge in [-0.15, -0.1) is 0 Å². The number of nitrogens with zero attached hydrogens (tertiary/aromatic N) is 1. The lowest BCUT2D eigenvalue weighted by Gasteiger charge is -2.37. The zero-order valence-electron chi connectivity index (χ0n) is 19.9. The summed E-state index contributed by atoms with van der Waals surface area (Å²) in [5, 5.41) is 44.3. The first kappa shape index (κ1) is 23.1. The van der Waals surface area contributed by atoms with Crippen molar-refractivity contribution in [1.29, 1.82) is 0 Å². The van der Waals surface area contributed by atoms with Crippen LogP contribution >= 0.6 is 0 Å². The third kappa shape index (κ3) is 3.65. The zero-order chi connectivity index (χ0) is 24.3. The normalized spacial score (nSPS) is 12.5. The average Bonchev–Trinajstić information content (AvgIpc) is 3.08. The number of hydrogen-bond acceptors (Lipinski definition) is 5. The third-order valence-corrected chi connectivity index (χ3v) is 6.90. The van der Waals surface area contributed by atoms with E-state index in [2.05, 4.69) is 0 Å². The van der Waals surface area contributed by atoms with Crippen molar-refractivity contribution in [2.24, 2.45) is 0 Å². The molecule has 0 fully saturated rings. The van der Waals surface area contributed by atoms with Gasteiger partial charge in [0, 0.05) is 10.8 Å². The number of para-hydroxylation sites is 1. The van der Waals surface area contributed by atoms with Gasteiger partial charge in [0.2, 0.25) is 0 Å². The molecule has 4 aromatic rings. The van der Waals surface area contributed by atoms with Crippen LogP contribution < -0.4 is 16.4 Å². The van der Waals surface area contributed by atoms with Gasteiger partial charge in [0.25, 0.3) is 0 Å². The highest BCUT2D eigenvalue weighted by atomic mass is 16.5. The predicted octanol–water partition coefficient (Wildman–Crippen LogP) is -0.0398. The monoisotopic (exact) mass is 443 g/mol. The van der Waals surface area contributed by atoms with Gasteiger partial charge in [0.1, 0.15) is 38.6 Å². The summed E-state index contributed by atoms with van der Waals surface area (Å²) in [4.78, 5) is 0. The van der Waals surface area contributed by atoms with E-state index in [-0.39, 0.29) is 22.9 Å². The lowest BCUT2D eigenvalue weighted by molar-refractivity contribution is -0.0893. The van der Waals surface area contributed by atoms with Crippen molar-refractivity contribution in [1.82, 2.24) is 4.57 Å². The number of rotatable bonds is 5. The summed E-state index contributed by atoms with van der Waals surface area (Å²) in [5.41, 5.74) is 1.67. The smallest absolute Gasteiger partial charge is 0.309 e. The highest BCUT2D eigenvalue weighted by Crippen LogP contribution is 2.38. The maximum atomic E-state index is 10.9. The molecule has 9 heteroatoms. The SMILES string of the molecule is Bc1c(O)c(B)c(O)c(-n2c3ccccc3c3cc(BOC(C)(C)C(C)(C)O)ccc32)c1O. The molecule has 168 valence electrons. The second-order valence-corrected chi connectivity index (χ2v) is 9.71. The van der Waals surface area contributed by atoms with Crippen molar-refractivity contribution in [3.63, 3.8) is 0 Å². The van der Waals surface area contributed by atoms with Gasteiger partial charge >= 0.3 is 7.48 Å². The molecule has 0 saturated carbocycles. The Morgan fingerprint density at radius 3 is 2.00 bits per heavy atom. The fourth-order valence-electron chi connectivity index (χ4n) is 3.98. The Bertz CT molecular complexity index is 1360. The minimum Gasteiger partial charge on any atom is -0.509 e. The van der Waals surface area contributed by atoms with Crippen LogP contribution in [0.1, 0.15) is 27.7 Å². The first-order valence-electron chi connectivity index (χ1n) is 11.0. The van der Waals surface area contributed by atoms with E-state index in [1.165, 1.54) is 0 Å². The largest absolute Gasteiger partial charge is 0.509 e. The number of phenolic OH excluding ortho intramolecular Hbond substituents is 3. The van der Waals surface area contributed by atoms with Gasteiger partial charge in [0.15, 0.2) is 0 Å². The van der Waals surface area contributed by atoms with Gasteiger partial charge in [-0.1, -0.05) is 35.8 Å². The zero-order valence-corrected chi connectivity index (χ0v) is 19.9. The molecule has 0 unspecified atom stereocenters. The second kappa shape index (κ2) is 7.78. The Balaban J connectivity index is 1.92. The van der Waals surface area contributed by atoms with Crippen LogP contribution in [0.15, 0.2) is 42.5 Å². The maximum Gasteiger partial charge on any atom is 0.309 e. The molecule has 33 heavy (non-hydrogen) atoms. The van der Waals surface area contributed by atoms with E-state index in [1.54, 1.807) is 29.5 Å². The van der Waals surface area contributed by atoms with E-state index in [0.717, 1.165) is 27.3 Å². The molecule has 0 aliphatic heterocycles. The Morgan fingerprint density at radius 1 is 0.818 bits per heavy atom. The third-order valence-electron chi connectivity index (χ3n) is 6.90. The number of fused-ring (bicyclic) bond motifs is 3. The van der Waals surface area contributed by atoms with Gasteiger partial charge < -0.3 is 29.6 Å². The summed E-state index contributed by atoms with van der Waals surface area (Å²) in [6.07, 6.45) is 0. The van der Waals surface area contributed by atoms with Crippen LogP contribution in [0.4, 0.5) is 0 Å². The molecule has 0 spiro atoms. The molecule has 0 saturated heterocycles. The lowest BCUT2D eigenvalue weighted by atomic mass is 9.82. The van der Waals surface area contributed by atoms with E-state index in [0.29, 0.717) is 18.4 Å². The highest BCUT2D eigenvalue weighted by molar-refractivity contribution is 6.48. The van der Waals surface area contributed by atoms with Crippen LogP contribution in [0.25, 0.3) is 27.5 Å². The molecule has 0 bridgehead atoms. The minimum absolute atomic E-state index is 0.122. The number of phenols is 3. The summed E-state index contributed by atoms with van der Waals surface area (Å²) < 4.78 is 7.87. The molecule has 0 aliphatic carbocycles. The number of aliphatic hydroxyl groups is 1. The van der Waals surface area contributed by atoms with Gasteiger partial charge in [-0.3, -0.25) is 0 Å². The quantitative estimate of drug-likeness (QED) is 0.325. The van der Waals surface area contributed by atoms with Crippen LogP contribution in [0.3, 0.4) is 0 Å². The van der Waals surface area contributed by atoms with Crippen molar-refractivity contribution in [3.8, 4) is 22.9 Å². The Hall–Kier alpha value is -3.03. The summed E-state index contributed by atoms with van der Waals surface area (Å²) in [7, 11) is 3.56. The molecule has 0 atom stereocenters. The highest BCUT2D eigenvalue weighted by Gasteiger charge is 2.35. The van der Waals surface area contributed by atoms with Crippen molar-refractivity contribution in [2.45, 2.75) is 38.9 Å². The van der Waals surface area contributed by atoms with Gasteiger partial charge in [0.05, 0.1) is 22.2 Å². The number of benzene rings is 3. The molecule has 4 rings (SSSR count). The Morgan fingerprint density at radius 2 is 1.39 bits per heavy atom. The van der Waals surface area contributed by atoms with Crippen LogP contribution in [-0.4, -0.2) is 59.4 Å². The predicted molar refractivity (Wildman–Crippen MR) is 140 cm³/mol. The van der Waals surface area contributed by atoms with Crippen molar-refractivity contribution < 1.29 is 25.1 Å². The van der Waals surface area contributed by atoms with Crippen molar-refractivity contribution in [3.05, 3.63) is 42.5 Å². The molecular formula is C24H28B3NO5. The first-order valence-corrected chi connectivity index (χ1v) is 11.0. The summed E-state index contributed by atoms with van der Waals surface area (Å²) in [5.74, 6) is -0.460. The molecule has 1 aromatic heterocycles. The standard InChI is InChI=1S/C24H28B3NO5/c1-23(2,32)24(3,4)33-27-12-9-10-16-14(11-12)13-7-5-6-8-15(13)28(16)19-21(30)17(25)20(29)18(26)22(19)31/h5-11,27,29-32H,25-26H2,1-4H3. The number of hydrogen-bond donors (Lipinski definition) is 4. The molecule has 0 radical (unpaired) electrons. The molecule has 4 N–H and O–H groups in total. The van der Waals surface area contributed by atoms with E-state index < -0.39 is 11.2 Å². The van der Waals surface area contributed by atoms with Crippen molar-refractivity contribution >= 4 is 61.4 Å². The van der Waals surface area contributed by atoms with Crippen LogP contribution in [0, 0.1) is 0 Å². The topological polar surface area (TPSA) is 95.1 Å². The van der Waals surface area contributed by atoms with Crippen molar-refractivity contribution in [2.75, 3.05) is 0 Å². The molecule has 0 aliphatic rings. The van der Waals surface area contributed by atoms with E-state index in [1.807, 2.05) is 60.9 Å². The molecule has 3 aromatic carbocycles.